The molecule has 0 fully saturated rings. The summed E-state index contributed by atoms with van der Waals surface area (Å²) in [5.74, 6) is 0. The second kappa shape index (κ2) is 3.66. The molecule has 66 valence electrons. The Hall–Kier alpha value is -1.22. The highest BCUT2D eigenvalue weighted by Gasteiger charge is 1.98. The van der Waals surface area contributed by atoms with Crippen LogP contribution >= 0.6 is 11.3 Å². The predicted molar refractivity (Wildman–Crippen MR) is 53.9 cm³/mol. The van der Waals surface area contributed by atoms with E-state index in [0.29, 0.717) is 0 Å². The average Bonchev–Trinajstić information content (AvgIpc) is 2.57. The molecule has 13 heavy (non-hydrogen) atoms. The number of thiazole rings is 1. The molecule has 0 aliphatic carbocycles. The van der Waals surface area contributed by atoms with Gasteiger partial charge >= 0.3 is 0 Å². The van der Waals surface area contributed by atoms with Gasteiger partial charge in [0.25, 0.3) is 0 Å². The van der Waals surface area contributed by atoms with Crippen LogP contribution in [0.1, 0.15) is 16.3 Å². The van der Waals surface area contributed by atoms with Gasteiger partial charge in [-0.2, -0.15) is 0 Å². The third kappa shape index (κ3) is 2.12. The predicted octanol–water partition coefficient (Wildman–Crippen LogP) is 2.44. The van der Waals surface area contributed by atoms with Gasteiger partial charge in [0.05, 0.1) is 5.01 Å². The number of aromatic nitrogens is 2. The lowest BCUT2D eigenvalue weighted by molar-refractivity contribution is 1.10. The number of pyridine rings is 1. The zero-order valence-electron chi connectivity index (χ0n) is 7.40. The molecule has 0 aromatic carbocycles. The first-order chi connectivity index (χ1) is 6.34. The van der Waals surface area contributed by atoms with E-state index in [2.05, 4.69) is 16.0 Å². The highest BCUT2D eigenvalue weighted by atomic mass is 32.1. The Bertz CT molecular complexity index is 382. The van der Waals surface area contributed by atoms with Gasteiger partial charge in [0.2, 0.25) is 0 Å². The van der Waals surface area contributed by atoms with Crippen molar-refractivity contribution in [1.29, 1.82) is 0 Å². The lowest BCUT2D eigenvalue weighted by Gasteiger charge is -1.98. The Kier molecular flexibility index (Phi) is 2.36. The van der Waals surface area contributed by atoms with E-state index in [1.165, 1.54) is 5.56 Å². The van der Waals surface area contributed by atoms with E-state index in [-0.39, 0.29) is 0 Å². The van der Waals surface area contributed by atoms with Crippen LogP contribution in [0.3, 0.4) is 0 Å². The molecule has 0 N–H and O–H groups in total. The van der Waals surface area contributed by atoms with Gasteiger partial charge in [-0.15, -0.1) is 11.3 Å². The summed E-state index contributed by atoms with van der Waals surface area (Å²) >= 11 is 1.69. The third-order valence-electron chi connectivity index (χ3n) is 1.80. The maximum atomic E-state index is 4.24. The molecule has 3 heteroatoms. The van der Waals surface area contributed by atoms with Crippen LogP contribution in [0, 0.1) is 6.92 Å². The van der Waals surface area contributed by atoms with E-state index in [1.54, 1.807) is 11.3 Å². The SMILES string of the molecule is Cc1cc(Cc2nccs2)ccn1. The second-order valence-corrected chi connectivity index (χ2v) is 3.89. The van der Waals surface area contributed by atoms with E-state index in [1.807, 2.05) is 30.8 Å². The van der Waals surface area contributed by atoms with Gasteiger partial charge in [0.15, 0.2) is 0 Å². The maximum Gasteiger partial charge on any atom is 0.0968 e. The summed E-state index contributed by atoms with van der Waals surface area (Å²) in [5.41, 5.74) is 2.34. The molecule has 2 rings (SSSR count). The number of aryl methyl sites for hydroxylation is 1. The van der Waals surface area contributed by atoms with Gasteiger partial charge in [0.1, 0.15) is 0 Å². The van der Waals surface area contributed by atoms with Crippen LogP contribution in [0.5, 0.6) is 0 Å². The van der Waals surface area contributed by atoms with Crippen LogP contribution < -0.4 is 0 Å². The van der Waals surface area contributed by atoms with E-state index < -0.39 is 0 Å². The normalized spacial score (nSPS) is 10.2. The summed E-state index contributed by atoms with van der Waals surface area (Å²) in [6.45, 7) is 2.01. The van der Waals surface area contributed by atoms with Crippen molar-refractivity contribution in [2.45, 2.75) is 13.3 Å². The number of hydrogen-bond donors (Lipinski definition) is 0. The molecule has 0 spiro atoms. The number of hydrogen-bond acceptors (Lipinski definition) is 3. The Balaban J connectivity index is 2.19. The molecule has 0 saturated heterocycles. The molecule has 2 heterocycles. The van der Waals surface area contributed by atoms with E-state index in [9.17, 15) is 0 Å². The summed E-state index contributed by atoms with van der Waals surface area (Å²) in [4.78, 5) is 8.39. The largest absolute Gasteiger partial charge is 0.262 e. The molecular weight excluding hydrogens is 180 g/mol. The van der Waals surface area contributed by atoms with Gasteiger partial charge in [-0.3, -0.25) is 4.98 Å². The van der Waals surface area contributed by atoms with Crippen LogP contribution in [0.2, 0.25) is 0 Å². The van der Waals surface area contributed by atoms with Crippen molar-refractivity contribution in [1.82, 2.24) is 9.97 Å². The van der Waals surface area contributed by atoms with Crippen molar-refractivity contribution in [2.75, 3.05) is 0 Å². The summed E-state index contributed by atoms with van der Waals surface area (Å²) in [6.07, 6.45) is 4.60. The summed E-state index contributed by atoms with van der Waals surface area (Å²) in [7, 11) is 0. The molecule has 2 aromatic rings. The third-order valence-corrected chi connectivity index (χ3v) is 2.58. The molecule has 0 atom stereocenters. The van der Waals surface area contributed by atoms with Gasteiger partial charge in [-0.1, -0.05) is 0 Å². The second-order valence-electron chi connectivity index (χ2n) is 2.91. The maximum absolute atomic E-state index is 4.24. The van der Waals surface area contributed by atoms with Gasteiger partial charge in [0, 0.05) is 29.9 Å². The standard InChI is InChI=1S/C10H10N2S/c1-8-6-9(2-3-11-8)7-10-12-4-5-13-10/h2-6H,7H2,1H3. The van der Waals surface area contributed by atoms with Crippen molar-refractivity contribution in [3.63, 3.8) is 0 Å². The van der Waals surface area contributed by atoms with Crippen molar-refractivity contribution in [3.05, 3.63) is 46.2 Å². The number of nitrogens with zero attached hydrogens (tertiary/aromatic N) is 2. The van der Waals surface area contributed by atoms with Crippen LogP contribution in [0.4, 0.5) is 0 Å². The van der Waals surface area contributed by atoms with Crippen LogP contribution in [0.25, 0.3) is 0 Å². The topological polar surface area (TPSA) is 25.8 Å². The minimum atomic E-state index is 0.918. The Morgan fingerprint density at radius 3 is 2.92 bits per heavy atom. The van der Waals surface area contributed by atoms with Crippen molar-refractivity contribution < 1.29 is 0 Å². The summed E-state index contributed by atoms with van der Waals surface area (Å²) in [6, 6.07) is 4.13. The van der Waals surface area contributed by atoms with Crippen LogP contribution in [-0.4, -0.2) is 9.97 Å². The fraction of sp³-hybridized carbons (Fsp3) is 0.200. The Morgan fingerprint density at radius 2 is 2.23 bits per heavy atom. The smallest absolute Gasteiger partial charge is 0.0968 e. The first-order valence-corrected chi connectivity index (χ1v) is 5.02. The van der Waals surface area contributed by atoms with Crippen molar-refractivity contribution >= 4 is 11.3 Å². The molecule has 0 aliphatic rings. The Morgan fingerprint density at radius 1 is 1.31 bits per heavy atom. The van der Waals surface area contributed by atoms with Gasteiger partial charge in [-0.25, -0.2) is 4.98 Å². The van der Waals surface area contributed by atoms with Crippen LogP contribution in [-0.2, 0) is 6.42 Å². The zero-order chi connectivity index (χ0) is 9.10. The van der Waals surface area contributed by atoms with Gasteiger partial charge in [-0.05, 0) is 24.6 Å². The Labute approximate surface area is 81.3 Å². The van der Waals surface area contributed by atoms with Gasteiger partial charge < -0.3 is 0 Å². The van der Waals surface area contributed by atoms with E-state index in [4.69, 9.17) is 0 Å². The summed E-state index contributed by atoms with van der Waals surface area (Å²) < 4.78 is 0. The fourth-order valence-corrected chi connectivity index (χ4v) is 1.88. The molecule has 0 bridgehead atoms. The lowest BCUT2D eigenvalue weighted by Crippen LogP contribution is -1.89. The highest BCUT2D eigenvalue weighted by molar-refractivity contribution is 7.09. The molecule has 2 nitrogen and oxygen atoms in total. The quantitative estimate of drug-likeness (QED) is 0.727. The zero-order valence-corrected chi connectivity index (χ0v) is 8.21. The number of rotatable bonds is 2. The minimum Gasteiger partial charge on any atom is -0.262 e. The fourth-order valence-electron chi connectivity index (χ4n) is 1.23. The van der Waals surface area contributed by atoms with Crippen molar-refractivity contribution in [3.8, 4) is 0 Å². The summed E-state index contributed by atoms with van der Waals surface area (Å²) in [5, 5.41) is 3.16. The first-order valence-electron chi connectivity index (χ1n) is 4.14. The molecular formula is C10H10N2S. The first kappa shape index (κ1) is 8.38. The van der Waals surface area contributed by atoms with E-state index in [0.717, 1.165) is 17.1 Å². The molecule has 2 aromatic heterocycles. The van der Waals surface area contributed by atoms with Crippen LogP contribution in [0.15, 0.2) is 29.9 Å². The molecule has 0 saturated carbocycles. The average molecular weight is 190 g/mol. The monoisotopic (exact) mass is 190 g/mol. The van der Waals surface area contributed by atoms with Crippen molar-refractivity contribution in [2.24, 2.45) is 0 Å². The highest BCUT2D eigenvalue weighted by Crippen LogP contribution is 2.11. The molecule has 0 aliphatic heterocycles. The molecule has 0 amide bonds. The van der Waals surface area contributed by atoms with E-state index >= 15 is 0 Å². The molecule has 0 radical (unpaired) electrons. The minimum absolute atomic E-state index is 0.918. The molecule has 0 unspecified atom stereocenters. The lowest BCUT2D eigenvalue weighted by atomic mass is 10.2.